The van der Waals surface area contributed by atoms with Crippen LogP contribution in [0.2, 0.25) is 0 Å². The van der Waals surface area contributed by atoms with E-state index in [1.165, 1.54) is 12.1 Å². The van der Waals surface area contributed by atoms with Gasteiger partial charge in [0.15, 0.2) is 0 Å². The minimum absolute atomic E-state index is 0.0611. The number of aliphatic hydroxyl groups is 1. The zero-order valence-electron chi connectivity index (χ0n) is 19.3. The van der Waals surface area contributed by atoms with Crippen molar-refractivity contribution in [2.45, 2.75) is 12.5 Å². The van der Waals surface area contributed by atoms with Crippen molar-refractivity contribution < 1.29 is 23.4 Å². The molecule has 8 nitrogen and oxygen atoms in total. The van der Waals surface area contributed by atoms with Crippen molar-refractivity contribution in [1.29, 1.82) is 0 Å². The number of hydrogen-bond donors (Lipinski definition) is 2. The Bertz CT molecular complexity index is 1100. The number of benzene rings is 2. The normalized spacial score (nSPS) is 15.2. The van der Waals surface area contributed by atoms with Gasteiger partial charge in [0, 0.05) is 49.8 Å². The summed E-state index contributed by atoms with van der Waals surface area (Å²) in [6.07, 6.45) is 3.26. The molecule has 1 aliphatic heterocycles. The molecule has 2 heterocycles. The third kappa shape index (κ3) is 6.28. The minimum Gasteiger partial charge on any atom is -0.435 e. The number of nitrogens with one attached hydrogen (secondary N) is 1. The van der Waals surface area contributed by atoms with E-state index < -0.39 is 12.5 Å². The van der Waals surface area contributed by atoms with E-state index >= 15 is 0 Å². The lowest BCUT2D eigenvalue weighted by Crippen LogP contribution is -2.49. The van der Waals surface area contributed by atoms with Gasteiger partial charge < -0.3 is 25.0 Å². The molecule has 2 aromatic carbocycles. The first kappa shape index (κ1) is 24.5. The number of nitrogens with zero attached hydrogens (tertiary/aromatic N) is 4. The third-order valence-electron chi connectivity index (χ3n) is 5.93. The molecule has 0 aliphatic carbocycles. The van der Waals surface area contributed by atoms with Crippen LogP contribution in [0.1, 0.15) is 11.5 Å². The van der Waals surface area contributed by atoms with Gasteiger partial charge in [0.05, 0.1) is 12.5 Å². The van der Waals surface area contributed by atoms with E-state index in [2.05, 4.69) is 24.9 Å². The zero-order valence-corrected chi connectivity index (χ0v) is 19.3. The van der Waals surface area contributed by atoms with Crippen LogP contribution in [-0.2, 0) is 4.79 Å². The maximum absolute atomic E-state index is 12.9. The lowest BCUT2D eigenvalue weighted by molar-refractivity contribution is -0.135. The number of halogens is 2. The third-order valence-corrected chi connectivity index (χ3v) is 5.93. The van der Waals surface area contributed by atoms with E-state index in [-0.39, 0.29) is 18.3 Å². The van der Waals surface area contributed by atoms with E-state index in [4.69, 9.17) is 0 Å². The van der Waals surface area contributed by atoms with Crippen molar-refractivity contribution in [2.75, 3.05) is 45.2 Å². The van der Waals surface area contributed by atoms with Gasteiger partial charge in [-0.1, -0.05) is 24.3 Å². The van der Waals surface area contributed by atoms with Crippen molar-refractivity contribution in [2.24, 2.45) is 0 Å². The molecule has 0 saturated carbocycles. The first-order valence-electron chi connectivity index (χ1n) is 11.3. The first-order chi connectivity index (χ1) is 16.9. The number of aliphatic hydroxyl groups excluding tert-OH is 1. The lowest BCUT2D eigenvalue weighted by Gasteiger charge is -2.34. The SMILES string of the molecule is CN1CCN(C(=O)[C@H](CO)c2ccc(Nc3ncc(-c4ccc(OC(F)F)cc4)cn3)cc2)CC1. The largest absolute Gasteiger partial charge is 0.435 e. The van der Waals surface area contributed by atoms with Crippen LogP contribution in [0, 0.1) is 0 Å². The Morgan fingerprint density at radius 1 is 1.00 bits per heavy atom. The van der Waals surface area contributed by atoms with Gasteiger partial charge in [-0.15, -0.1) is 0 Å². The van der Waals surface area contributed by atoms with Gasteiger partial charge in [0.25, 0.3) is 0 Å². The molecule has 1 atom stereocenters. The molecule has 3 aromatic rings. The minimum atomic E-state index is -2.87. The Kier molecular flexibility index (Phi) is 7.84. The summed E-state index contributed by atoms with van der Waals surface area (Å²) >= 11 is 0. The molecule has 2 N–H and O–H groups in total. The van der Waals surface area contributed by atoms with Crippen LogP contribution in [0.15, 0.2) is 60.9 Å². The predicted octanol–water partition coefficient (Wildman–Crippen LogP) is 3.34. The number of carbonyl (C=O) groups is 1. The summed E-state index contributed by atoms with van der Waals surface area (Å²) in [5.74, 6) is -0.194. The van der Waals surface area contributed by atoms with Crippen molar-refractivity contribution in [3.05, 3.63) is 66.5 Å². The molecule has 4 rings (SSSR count). The highest BCUT2D eigenvalue weighted by Crippen LogP contribution is 2.25. The number of rotatable bonds is 8. The summed E-state index contributed by atoms with van der Waals surface area (Å²) < 4.78 is 28.9. The second-order valence-electron chi connectivity index (χ2n) is 8.31. The smallest absolute Gasteiger partial charge is 0.387 e. The number of carbonyl (C=O) groups excluding carboxylic acids is 1. The quantitative estimate of drug-likeness (QED) is 0.508. The first-order valence-corrected chi connectivity index (χ1v) is 11.3. The topological polar surface area (TPSA) is 90.8 Å². The number of amides is 1. The highest BCUT2D eigenvalue weighted by Gasteiger charge is 2.27. The molecular formula is C25H27F2N5O3. The molecule has 1 amide bonds. The maximum atomic E-state index is 12.9. The lowest BCUT2D eigenvalue weighted by atomic mass is 9.97. The van der Waals surface area contributed by atoms with E-state index in [9.17, 15) is 18.7 Å². The molecule has 1 fully saturated rings. The molecular weight excluding hydrogens is 456 g/mol. The Balaban J connectivity index is 1.38. The molecule has 0 unspecified atom stereocenters. The van der Waals surface area contributed by atoms with E-state index in [0.717, 1.165) is 35.5 Å². The molecule has 0 bridgehead atoms. The van der Waals surface area contributed by atoms with E-state index in [0.29, 0.717) is 19.0 Å². The fraction of sp³-hybridized carbons (Fsp3) is 0.320. The van der Waals surface area contributed by atoms with Gasteiger partial charge in [-0.05, 0) is 42.4 Å². The van der Waals surface area contributed by atoms with Gasteiger partial charge in [-0.25, -0.2) is 9.97 Å². The van der Waals surface area contributed by atoms with Gasteiger partial charge in [-0.2, -0.15) is 8.78 Å². The Morgan fingerprint density at radius 2 is 1.63 bits per heavy atom. The van der Waals surface area contributed by atoms with Gasteiger partial charge in [0.1, 0.15) is 5.75 Å². The highest BCUT2D eigenvalue weighted by molar-refractivity contribution is 5.84. The van der Waals surface area contributed by atoms with Gasteiger partial charge in [0.2, 0.25) is 11.9 Å². The monoisotopic (exact) mass is 483 g/mol. The van der Waals surface area contributed by atoms with Crippen LogP contribution in [0.4, 0.5) is 20.4 Å². The fourth-order valence-electron chi connectivity index (χ4n) is 3.87. The molecule has 0 radical (unpaired) electrons. The number of ether oxygens (including phenoxy) is 1. The second kappa shape index (κ2) is 11.2. The maximum Gasteiger partial charge on any atom is 0.387 e. The van der Waals surface area contributed by atoms with Gasteiger partial charge >= 0.3 is 6.61 Å². The van der Waals surface area contributed by atoms with Crippen LogP contribution in [-0.4, -0.2) is 77.2 Å². The number of alkyl halides is 2. The van der Waals surface area contributed by atoms with Crippen molar-refractivity contribution in [3.63, 3.8) is 0 Å². The van der Waals surface area contributed by atoms with Crippen LogP contribution in [0.3, 0.4) is 0 Å². The zero-order chi connectivity index (χ0) is 24.8. The molecule has 1 aliphatic rings. The summed E-state index contributed by atoms with van der Waals surface area (Å²) in [6, 6.07) is 13.5. The average molecular weight is 484 g/mol. The summed E-state index contributed by atoms with van der Waals surface area (Å²) in [5, 5.41) is 13.0. The number of hydrogen-bond acceptors (Lipinski definition) is 7. The summed E-state index contributed by atoms with van der Waals surface area (Å²) in [7, 11) is 2.03. The Hall–Kier alpha value is -3.63. The van der Waals surface area contributed by atoms with Gasteiger partial charge in [-0.3, -0.25) is 4.79 Å². The second-order valence-corrected chi connectivity index (χ2v) is 8.31. The average Bonchev–Trinajstić information content (AvgIpc) is 2.86. The Morgan fingerprint density at radius 3 is 2.20 bits per heavy atom. The number of anilines is 2. The molecule has 10 heteroatoms. The molecule has 184 valence electrons. The molecule has 0 spiro atoms. The standard InChI is InChI=1S/C25H27F2N5O3/c1-31-10-12-32(13-11-31)23(34)22(16-33)18-2-6-20(7-3-18)30-25-28-14-19(15-29-25)17-4-8-21(9-5-17)35-24(26)27/h2-9,14-15,22,24,33H,10-13,16H2,1H3,(H,28,29,30)/t22-/m1/s1. The van der Waals surface area contributed by atoms with Crippen LogP contribution >= 0.6 is 0 Å². The van der Waals surface area contributed by atoms with E-state index in [1.807, 2.05) is 36.2 Å². The molecule has 1 aromatic heterocycles. The number of piperazine rings is 1. The van der Waals surface area contributed by atoms with Crippen molar-refractivity contribution in [3.8, 4) is 16.9 Å². The molecule has 35 heavy (non-hydrogen) atoms. The summed E-state index contributed by atoms with van der Waals surface area (Å²) in [4.78, 5) is 25.5. The highest BCUT2D eigenvalue weighted by atomic mass is 19.3. The van der Waals surface area contributed by atoms with Crippen LogP contribution < -0.4 is 10.1 Å². The van der Waals surface area contributed by atoms with Crippen LogP contribution in [0.5, 0.6) is 5.75 Å². The predicted molar refractivity (Wildman–Crippen MR) is 128 cm³/mol. The fourth-order valence-corrected chi connectivity index (χ4v) is 3.87. The number of likely N-dealkylation sites (N-methyl/N-ethyl adjacent to an activating group) is 1. The summed E-state index contributed by atoms with van der Waals surface area (Å²) in [5.41, 5.74) is 2.97. The Labute approximate surface area is 202 Å². The number of aromatic nitrogens is 2. The van der Waals surface area contributed by atoms with E-state index in [1.54, 1.807) is 24.5 Å². The molecule has 1 saturated heterocycles. The van der Waals surface area contributed by atoms with Crippen molar-refractivity contribution >= 4 is 17.5 Å². The van der Waals surface area contributed by atoms with Crippen LogP contribution in [0.25, 0.3) is 11.1 Å². The summed E-state index contributed by atoms with van der Waals surface area (Å²) in [6.45, 7) is -0.152. The van der Waals surface area contributed by atoms with Crippen molar-refractivity contribution in [1.82, 2.24) is 19.8 Å².